The van der Waals surface area contributed by atoms with E-state index in [1.807, 2.05) is 32.3 Å². The Morgan fingerprint density at radius 3 is 2.50 bits per heavy atom. The molecule has 0 spiro atoms. The summed E-state index contributed by atoms with van der Waals surface area (Å²) in [7, 11) is 4.08. The van der Waals surface area contributed by atoms with E-state index in [9.17, 15) is 9.59 Å². The molecule has 1 heterocycles. The van der Waals surface area contributed by atoms with E-state index in [2.05, 4.69) is 34.2 Å². The number of benzene rings is 2. The fourth-order valence-corrected chi connectivity index (χ4v) is 3.96. The van der Waals surface area contributed by atoms with Gasteiger partial charge >= 0.3 is 5.97 Å². The van der Waals surface area contributed by atoms with Crippen LogP contribution in [0.5, 0.6) is 0 Å². The Morgan fingerprint density at radius 1 is 1.22 bits per heavy atom. The van der Waals surface area contributed by atoms with Crippen molar-refractivity contribution in [2.24, 2.45) is 5.41 Å². The second-order valence-corrected chi connectivity index (χ2v) is 9.12. The lowest BCUT2D eigenvalue weighted by Gasteiger charge is -2.43. The van der Waals surface area contributed by atoms with E-state index in [1.165, 1.54) is 6.92 Å². The van der Waals surface area contributed by atoms with Gasteiger partial charge in [-0.3, -0.25) is 4.79 Å². The zero-order chi connectivity index (χ0) is 23.5. The highest BCUT2D eigenvalue weighted by Gasteiger charge is 2.38. The smallest absolute Gasteiger partial charge is 0.338 e. The van der Waals surface area contributed by atoms with E-state index in [1.54, 1.807) is 24.3 Å². The van der Waals surface area contributed by atoms with Crippen molar-refractivity contribution in [2.75, 3.05) is 31.3 Å². The molecule has 0 aliphatic carbocycles. The summed E-state index contributed by atoms with van der Waals surface area (Å²) >= 11 is 0. The molecule has 0 radical (unpaired) electrons. The molecule has 1 aliphatic rings. The van der Waals surface area contributed by atoms with Crippen LogP contribution < -0.4 is 10.6 Å². The third-order valence-corrected chi connectivity index (χ3v) is 5.89. The van der Waals surface area contributed by atoms with Crippen molar-refractivity contribution in [3.63, 3.8) is 0 Å². The summed E-state index contributed by atoms with van der Waals surface area (Å²) in [6.45, 7) is 13.2. The summed E-state index contributed by atoms with van der Waals surface area (Å²) < 4.78 is 5.67. The minimum Gasteiger partial charge on any atom is -0.461 e. The van der Waals surface area contributed by atoms with Gasteiger partial charge in [-0.2, -0.15) is 0 Å². The number of esters is 1. The summed E-state index contributed by atoms with van der Waals surface area (Å²) in [6, 6.07) is 12.6. The summed E-state index contributed by atoms with van der Waals surface area (Å²) in [5.74, 6) is -0.556. The molecule has 0 aromatic heterocycles. The highest BCUT2D eigenvalue weighted by Crippen LogP contribution is 2.42. The molecule has 3 rings (SSSR count). The van der Waals surface area contributed by atoms with Crippen LogP contribution in [0, 0.1) is 12.0 Å². The van der Waals surface area contributed by atoms with Crippen LogP contribution >= 0.6 is 0 Å². The second-order valence-electron chi connectivity index (χ2n) is 9.12. The predicted octanol–water partition coefficient (Wildman–Crippen LogP) is 4.87. The monoisotopic (exact) mass is 434 g/mol. The van der Waals surface area contributed by atoms with Gasteiger partial charge in [-0.25, -0.2) is 9.64 Å². The number of anilines is 2. The maximum Gasteiger partial charge on any atom is 0.338 e. The zero-order valence-electron chi connectivity index (χ0n) is 19.2. The molecule has 1 aliphatic heterocycles. The molecule has 7 heteroatoms. The lowest BCUT2D eigenvalue weighted by atomic mass is 9.77. The highest BCUT2D eigenvalue weighted by atomic mass is 16.5. The first-order valence-electron chi connectivity index (χ1n) is 10.6. The fourth-order valence-electron chi connectivity index (χ4n) is 3.96. The number of hydrogen-bond acceptors (Lipinski definition) is 5. The molecule has 2 atom stereocenters. The Kier molecular flexibility index (Phi) is 6.85. The van der Waals surface area contributed by atoms with Crippen molar-refractivity contribution >= 4 is 28.9 Å². The largest absolute Gasteiger partial charge is 0.461 e. The first-order chi connectivity index (χ1) is 15.1. The van der Waals surface area contributed by atoms with Crippen LogP contribution in [0.3, 0.4) is 0 Å². The lowest BCUT2D eigenvalue weighted by molar-refractivity contribution is -0.114. The fraction of sp³-hybridized carbons (Fsp3) is 0.400. The summed E-state index contributed by atoms with van der Waals surface area (Å²) in [4.78, 5) is 29.5. The molecular weight excluding hydrogens is 404 g/mol. The van der Waals surface area contributed by atoms with Gasteiger partial charge in [0.15, 0.2) is 5.69 Å². The average molecular weight is 435 g/mol. The second kappa shape index (κ2) is 9.41. The third kappa shape index (κ3) is 5.27. The van der Waals surface area contributed by atoms with Crippen LogP contribution in [-0.2, 0) is 9.53 Å². The van der Waals surface area contributed by atoms with Crippen molar-refractivity contribution in [3.8, 4) is 0 Å². The number of ether oxygens (including phenoxy) is 1. The van der Waals surface area contributed by atoms with Gasteiger partial charge in [-0.05, 0) is 62.5 Å². The van der Waals surface area contributed by atoms with Crippen LogP contribution in [0.1, 0.15) is 49.2 Å². The van der Waals surface area contributed by atoms with Crippen molar-refractivity contribution in [3.05, 3.63) is 65.0 Å². The van der Waals surface area contributed by atoms with Gasteiger partial charge in [0.25, 0.3) is 0 Å². The number of carbonyl (C=O) groups excluding carboxylic acids is 2. The number of hydrogen-bond donors (Lipinski definition) is 2. The van der Waals surface area contributed by atoms with E-state index in [4.69, 9.17) is 11.3 Å². The molecule has 7 nitrogen and oxygen atoms in total. The van der Waals surface area contributed by atoms with Crippen LogP contribution in [0.2, 0.25) is 0 Å². The Morgan fingerprint density at radius 2 is 1.91 bits per heavy atom. The van der Waals surface area contributed by atoms with E-state index in [0.29, 0.717) is 16.9 Å². The average Bonchev–Trinajstić information content (AvgIpc) is 2.76. The topological polar surface area (TPSA) is 75.0 Å². The minimum atomic E-state index is -0.394. The van der Waals surface area contributed by atoms with Gasteiger partial charge in [-0.1, -0.05) is 19.9 Å². The Bertz CT molecular complexity index is 1040. The molecule has 0 saturated heterocycles. The zero-order valence-corrected chi connectivity index (χ0v) is 19.2. The molecule has 0 fully saturated rings. The molecule has 0 bridgehead atoms. The Labute approximate surface area is 189 Å². The number of nitrogens with zero attached hydrogens (tertiary/aromatic N) is 2. The summed E-state index contributed by atoms with van der Waals surface area (Å²) in [5, 5.41) is 6.28. The molecule has 2 unspecified atom stereocenters. The van der Waals surface area contributed by atoms with Crippen LogP contribution in [0.4, 0.5) is 17.1 Å². The maximum atomic E-state index is 12.6. The highest BCUT2D eigenvalue weighted by molar-refractivity contribution is 5.92. The van der Waals surface area contributed by atoms with Crippen molar-refractivity contribution < 1.29 is 14.3 Å². The lowest BCUT2D eigenvalue weighted by Crippen LogP contribution is -2.45. The van der Waals surface area contributed by atoms with Gasteiger partial charge < -0.3 is 20.3 Å². The predicted molar refractivity (Wildman–Crippen MR) is 126 cm³/mol. The summed E-state index contributed by atoms with van der Waals surface area (Å²) in [5.41, 5.74) is 3.52. The molecule has 168 valence electrons. The first-order valence-corrected chi connectivity index (χ1v) is 10.6. The molecule has 2 aromatic rings. The Hall–Kier alpha value is -3.37. The SMILES string of the molecule is [C-]#[N+]c1ccc2c(c1)C(N(C)C)CC(C(C)(C)COC(=O)c1ccc(NC(C)=O)cc1)N2. The normalized spacial score (nSPS) is 17.7. The molecule has 2 N–H and O–H groups in total. The molecule has 2 aromatic carbocycles. The van der Waals surface area contributed by atoms with E-state index in [0.717, 1.165) is 17.7 Å². The van der Waals surface area contributed by atoms with E-state index >= 15 is 0 Å². The van der Waals surface area contributed by atoms with Crippen LogP contribution in [0.25, 0.3) is 4.85 Å². The van der Waals surface area contributed by atoms with Gasteiger partial charge in [0, 0.05) is 35.8 Å². The molecule has 1 amide bonds. The molecule has 32 heavy (non-hydrogen) atoms. The molecule has 0 saturated carbocycles. The van der Waals surface area contributed by atoms with Gasteiger partial charge in [-0.15, -0.1) is 0 Å². The van der Waals surface area contributed by atoms with E-state index in [-0.39, 0.29) is 30.0 Å². The number of nitrogens with one attached hydrogen (secondary N) is 2. The van der Waals surface area contributed by atoms with Gasteiger partial charge in [0.1, 0.15) is 0 Å². The number of carbonyl (C=O) groups is 2. The van der Waals surface area contributed by atoms with Crippen molar-refractivity contribution in [1.82, 2.24) is 4.90 Å². The first kappa shape index (κ1) is 23.3. The summed E-state index contributed by atoms with van der Waals surface area (Å²) in [6.07, 6.45) is 0.831. The quantitative estimate of drug-likeness (QED) is 0.501. The van der Waals surface area contributed by atoms with Crippen LogP contribution in [0.15, 0.2) is 42.5 Å². The van der Waals surface area contributed by atoms with Gasteiger partial charge in [0.2, 0.25) is 5.91 Å². The van der Waals surface area contributed by atoms with Gasteiger partial charge in [0.05, 0.1) is 18.7 Å². The minimum absolute atomic E-state index is 0.0798. The van der Waals surface area contributed by atoms with Crippen molar-refractivity contribution in [2.45, 2.75) is 39.3 Å². The molecular formula is C25H30N4O3. The number of amides is 1. The van der Waals surface area contributed by atoms with Crippen molar-refractivity contribution in [1.29, 1.82) is 0 Å². The number of fused-ring (bicyclic) bond motifs is 1. The van der Waals surface area contributed by atoms with Crippen LogP contribution in [-0.4, -0.2) is 43.5 Å². The van der Waals surface area contributed by atoms with E-state index < -0.39 is 5.97 Å². The standard InChI is InChI=1S/C25H30N4O3/c1-16(30)27-18-9-7-17(8-10-18)24(31)32-15-25(2,3)23-14-22(29(5)6)20-13-19(26-4)11-12-21(20)28-23/h7-13,22-23,28H,14-15H2,1-3,5-6H3,(H,27,30). The Balaban J connectivity index is 1.70. The third-order valence-electron chi connectivity index (χ3n) is 5.89. The number of rotatable bonds is 6. The maximum absolute atomic E-state index is 12.6.